The summed E-state index contributed by atoms with van der Waals surface area (Å²) >= 11 is 0. The first-order valence-electron chi connectivity index (χ1n) is 4.89. The summed E-state index contributed by atoms with van der Waals surface area (Å²) in [4.78, 5) is 15.3. The van der Waals surface area contributed by atoms with Gasteiger partial charge < -0.3 is 0 Å². The van der Waals surface area contributed by atoms with Gasteiger partial charge in [-0.15, -0.1) is 0 Å². The number of halogens is 1. The van der Waals surface area contributed by atoms with Crippen molar-refractivity contribution in [2.75, 3.05) is 0 Å². The molecule has 84 valence electrons. The summed E-state index contributed by atoms with van der Waals surface area (Å²) in [6, 6.07) is 7.13. The lowest BCUT2D eigenvalue weighted by Crippen LogP contribution is -2.19. The molecule has 0 saturated heterocycles. The van der Waals surface area contributed by atoms with E-state index < -0.39 is 5.82 Å². The molecule has 0 N–H and O–H groups in total. The third kappa shape index (κ3) is 2.37. The van der Waals surface area contributed by atoms with Crippen LogP contribution in [0.15, 0.2) is 41.6 Å². The molecule has 2 rings (SSSR count). The smallest absolute Gasteiger partial charge is 0.253 e. The van der Waals surface area contributed by atoms with Crippen LogP contribution in [-0.4, -0.2) is 9.55 Å². The Kier molecular flexibility index (Phi) is 2.97. The molecule has 4 nitrogen and oxygen atoms in total. The van der Waals surface area contributed by atoms with Crippen LogP contribution in [-0.2, 0) is 6.54 Å². The van der Waals surface area contributed by atoms with E-state index in [0.717, 1.165) is 0 Å². The van der Waals surface area contributed by atoms with E-state index in [1.165, 1.54) is 41.4 Å². The van der Waals surface area contributed by atoms with Crippen LogP contribution in [0.4, 0.5) is 4.39 Å². The van der Waals surface area contributed by atoms with Crippen molar-refractivity contribution in [2.45, 2.75) is 6.54 Å². The van der Waals surface area contributed by atoms with Crippen LogP contribution in [0.1, 0.15) is 11.1 Å². The fourth-order valence-electron chi connectivity index (χ4n) is 1.48. The molecule has 0 atom stereocenters. The van der Waals surface area contributed by atoms with Gasteiger partial charge in [0.2, 0.25) is 0 Å². The zero-order chi connectivity index (χ0) is 12.3. The van der Waals surface area contributed by atoms with E-state index in [4.69, 9.17) is 5.26 Å². The molecule has 0 aliphatic rings. The molecule has 0 unspecified atom stereocenters. The molecular weight excluding hydrogens is 221 g/mol. The van der Waals surface area contributed by atoms with Gasteiger partial charge in [0.1, 0.15) is 5.82 Å². The second kappa shape index (κ2) is 4.58. The summed E-state index contributed by atoms with van der Waals surface area (Å²) in [5, 5.41) is 8.88. The zero-order valence-corrected chi connectivity index (χ0v) is 8.80. The van der Waals surface area contributed by atoms with Crippen molar-refractivity contribution < 1.29 is 4.39 Å². The van der Waals surface area contributed by atoms with Crippen LogP contribution in [0, 0.1) is 17.1 Å². The largest absolute Gasteiger partial charge is 0.295 e. The Morgan fingerprint density at radius 3 is 2.94 bits per heavy atom. The van der Waals surface area contributed by atoms with Gasteiger partial charge in [0.05, 0.1) is 24.5 Å². The van der Waals surface area contributed by atoms with Gasteiger partial charge in [0.25, 0.3) is 5.56 Å². The first-order valence-corrected chi connectivity index (χ1v) is 4.89. The van der Waals surface area contributed by atoms with E-state index in [1.54, 1.807) is 0 Å². The highest BCUT2D eigenvalue weighted by Gasteiger charge is 2.05. The minimum Gasteiger partial charge on any atom is -0.295 e. The predicted molar refractivity (Wildman–Crippen MR) is 58.7 cm³/mol. The Bertz CT molecular complexity index is 643. The summed E-state index contributed by atoms with van der Waals surface area (Å²) in [5.41, 5.74) is 0.568. The van der Waals surface area contributed by atoms with Gasteiger partial charge in [-0.25, -0.2) is 9.37 Å². The molecule has 0 saturated carbocycles. The number of hydrogen-bond donors (Lipinski definition) is 0. The molecular formula is C12H8FN3O. The molecule has 0 radical (unpaired) electrons. The second-order valence-corrected chi connectivity index (χ2v) is 3.46. The van der Waals surface area contributed by atoms with Crippen molar-refractivity contribution in [3.05, 3.63) is 64.1 Å². The van der Waals surface area contributed by atoms with E-state index in [2.05, 4.69) is 4.98 Å². The lowest BCUT2D eigenvalue weighted by Gasteiger charge is -2.06. The summed E-state index contributed by atoms with van der Waals surface area (Å²) < 4.78 is 14.4. The van der Waals surface area contributed by atoms with Gasteiger partial charge in [-0.05, 0) is 23.8 Å². The van der Waals surface area contributed by atoms with Crippen LogP contribution >= 0.6 is 0 Å². The Balaban J connectivity index is 2.43. The maximum absolute atomic E-state index is 13.1. The number of aromatic nitrogens is 2. The Morgan fingerprint density at radius 1 is 1.41 bits per heavy atom. The van der Waals surface area contributed by atoms with Crippen LogP contribution in [0.2, 0.25) is 0 Å². The quantitative estimate of drug-likeness (QED) is 0.779. The monoisotopic (exact) mass is 229 g/mol. The maximum atomic E-state index is 13.1. The number of hydrogen-bond acceptors (Lipinski definition) is 3. The molecule has 17 heavy (non-hydrogen) atoms. The fourth-order valence-corrected chi connectivity index (χ4v) is 1.48. The van der Waals surface area contributed by atoms with Crippen molar-refractivity contribution in [2.24, 2.45) is 0 Å². The zero-order valence-electron chi connectivity index (χ0n) is 8.80. The van der Waals surface area contributed by atoms with Crippen LogP contribution in [0.25, 0.3) is 0 Å². The highest BCUT2D eigenvalue weighted by atomic mass is 19.1. The number of nitrogens with zero attached hydrogens (tertiary/aromatic N) is 3. The first-order chi connectivity index (χ1) is 8.20. The second-order valence-electron chi connectivity index (χ2n) is 3.46. The molecule has 1 aromatic carbocycles. The Hall–Kier alpha value is -2.48. The standard InChI is InChI=1S/C12H8FN3O/c13-11-2-1-9(6-14)10(5-11)7-16-8-15-4-3-12(16)17/h1-5,8H,7H2. The average molecular weight is 229 g/mol. The molecule has 5 heteroatoms. The molecule has 0 amide bonds. The molecule has 0 aliphatic heterocycles. The van der Waals surface area contributed by atoms with Gasteiger partial charge in [-0.2, -0.15) is 5.26 Å². The van der Waals surface area contributed by atoms with E-state index in [1.807, 2.05) is 6.07 Å². The predicted octanol–water partition coefficient (Wildman–Crippen LogP) is 1.30. The van der Waals surface area contributed by atoms with Crippen molar-refractivity contribution in [1.82, 2.24) is 9.55 Å². The minimum absolute atomic E-state index is 0.132. The van der Waals surface area contributed by atoms with Gasteiger partial charge in [0, 0.05) is 12.3 Å². The third-order valence-electron chi connectivity index (χ3n) is 2.32. The SMILES string of the molecule is N#Cc1ccc(F)cc1Cn1cnccc1=O. The van der Waals surface area contributed by atoms with Gasteiger partial charge in [-0.1, -0.05) is 0 Å². The normalized spacial score (nSPS) is 9.88. The molecule has 1 heterocycles. The summed E-state index contributed by atoms with van der Waals surface area (Å²) in [7, 11) is 0. The lowest BCUT2D eigenvalue weighted by atomic mass is 10.1. The third-order valence-corrected chi connectivity index (χ3v) is 2.32. The minimum atomic E-state index is -0.434. The number of benzene rings is 1. The van der Waals surface area contributed by atoms with Gasteiger partial charge in [0.15, 0.2) is 0 Å². The molecule has 1 aromatic heterocycles. The highest BCUT2D eigenvalue weighted by Crippen LogP contribution is 2.11. The summed E-state index contributed by atoms with van der Waals surface area (Å²) in [6.07, 6.45) is 2.74. The van der Waals surface area contributed by atoms with Crippen molar-refractivity contribution in [3.63, 3.8) is 0 Å². The van der Waals surface area contributed by atoms with Crippen molar-refractivity contribution in [1.29, 1.82) is 5.26 Å². The van der Waals surface area contributed by atoms with E-state index in [9.17, 15) is 9.18 Å². The Labute approximate surface area is 96.6 Å². The molecule has 0 aliphatic carbocycles. The molecule has 0 bridgehead atoms. The Morgan fingerprint density at radius 2 is 2.24 bits per heavy atom. The van der Waals surface area contributed by atoms with E-state index in [-0.39, 0.29) is 12.1 Å². The molecule has 0 fully saturated rings. The number of rotatable bonds is 2. The van der Waals surface area contributed by atoms with Crippen molar-refractivity contribution >= 4 is 0 Å². The molecule has 2 aromatic rings. The summed E-state index contributed by atoms with van der Waals surface area (Å²) in [5.74, 6) is -0.434. The van der Waals surface area contributed by atoms with E-state index >= 15 is 0 Å². The van der Waals surface area contributed by atoms with Crippen molar-refractivity contribution in [3.8, 4) is 6.07 Å². The van der Waals surface area contributed by atoms with Crippen LogP contribution in [0.5, 0.6) is 0 Å². The average Bonchev–Trinajstić information content (AvgIpc) is 2.32. The number of nitriles is 1. The highest BCUT2D eigenvalue weighted by molar-refractivity contribution is 5.37. The topological polar surface area (TPSA) is 58.7 Å². The van der Waals surface area contributed by atoms with Crippen LogP contribution < -0.4 is 5.56 Å². The first kappa shape index (κ1) is 11.0. The van der Waals surface area contributed by atoms with Crippen LogP contribution in [0.3, 0.4) is 0 Å². The fraction of sp³-hybridized carbons (Fsp3) is 0.0833. The van der Waals surface area contributed by atoms with Gasteiger partial charge >= 0.3 is 0 Å². The lowest BCUT2D eigenvalue weighted by molar-refractivity contribution is 0.622. The van der Waals surface area contributed by atoms with Gasteiger partial charge in [-0.3, -0.25) is 9.36 Å². The molecule has 0 spiro atoms. The summed E-state index contributed by atoms with van der Waals surface area (Å²) in [6.45, 7) is 0.132. The van der Waals surface area contributed by atoms with E-state index in [0.29, 0.717) is 11.1 Å². The maximum Gasteiger partial charge on any atom is 0.253 e.